The molecule has 4 nitrogen and oxygen atoms in total. The van der Waals surface area contributed by atoms with Gasteiger partial charge in [-0.25, -0.2) is 0 Å². The molecule has 2 rings (SSSR count). The quantitative estimate of drug-likeness (QED) is 0.898. The van der Waals surface area contributed by atoms with Crippen molar-refractivity contribution in [1.29, 1.82) is 0 Å². The van der Waals surface area contributed by atoms with E-state index >= 15 is 0 Å². The summed E-state index contributed by atoms with van der Waals surface area (Å²) in [6, 6.07) is 12.5. The predicted octanol–water partition coefficient (Wildman–Crippen LogP) is 2.64. The molecule has 2 N–H and O–H groups in total. The maximum Gasteiger partial charge on any atom is 0.251 e. The van der Waals surface area contributed by atoms with Gasteiger partial charge in [-0.15, -0.1) is 0 Å². The van der Waals surface area contributed by atoms with Gasteiger partial charge in [0.05, 0.1) is 7.11 Å². The first kappa shape index (κ1) is 13.9. The Hall–Kier alpha value is -2.49. The molecule has 20 heavy (non-hydrogen) atoms. The van der Waals surface area contributed by atoms with Crippen LogP contribution in [0.4, 0.5) is 0 Å². The van der Waals surface area contributed by atoms with Gasteiger partial charge in [0, 0.05) is 12.1 Å². The van der Waals surface area contributed by atoms with Crippen molar-refractivity contribution in [3.05, 3.63) is 59.2 Å². The lowest BCUT2D eigenvalue weighted by atomic mass is 10.1. The van der Waals surface area contributed by atoms with Gasteiger partial charge < -0.3 is 15.2 Å². The molecule has 0 atom stereocenters. The molecule has 104 valence electrons. The van der Waals surface area contributed by atoms with E-state index in [4.69, 9.17) is 4.74 Å². The highest BCUT2D eigenvalue weighted by molar-refractivity contribution is 5.94. The van der Waals surface area contributed by atoms with E-state index < -0.39 is 0 Å². The van der Waals surface area contributed by atoms with Crippen LogP contribution in [-0.4, -0.2) is 18.1 Å². The van der Waals surface area contributed by atoms with Crippen molar-refractivity contribution in [3.8, 4) is 11.5 Å². The Morgan fingerprint density at radius 3 is 2.65 bits per heavy atom. The van der Waals surface area contributed by atoms with Gasteiger partial charge in [0.25, 0.3) is 5.91 Å². The summed E-state index contributed by atoms with van der Waals surface area (Å²) in [6.07, 6.45) is 0. The van der Waals surface area contributed by atoms with Crippen molar-refractivity contribution >= 4 is 5.91 Å². The van der Waals surface area contributed by atoms with E-state index in [1.165, 1.54) is 13.2 Å². The van der Waals surface area contributed by atoms with Crippen LogP contribution in [0.1, 0.15) is 21.5 Å². The largest absolute Gasteiger partial charge is 0.504 e. The van der Waals surface area contributed by atoms with E-state index in [9.17, 15) is 9.90 Å². The molecule has 0 fully saturated rings. The number of carbonyl (C=O) groups is 1. The van der Waals surface area contributed by atoms with Crippen LogP contribution in [0, 0.1) is 6.92 Å². The minimum Gasteiger partial charge on any atom is -0.504 e. The average Bonchev–Trinajstić information content (AvgIpc) is 2.46. The van der Waals surface area contributed by atoms with E-state index in [2.05, 4.69) is 5.32 Å². The van der Waals surface area contributed by atoms with Gasteiger partial charge >= 0.3 is 0 Å². The highest BCUT2D eigenvalue weighted by Crippen LogP contribution is 2.26. The minimum atomic E-state index is -0.230. The SMILES string of the molecule is COc1ccc(C(=O)NCc2ccccc2C)cc1O. The number of aromatic hydroxyl groups is 1. The second-order valence-electron chi connectivity index (χ2n) is 4.50. The van der Waals surface area contributed by atoms with Crippen molar-refractivity contribution in [2.75, 3.05) is 7.11 Å². The Kier molecular flexibility index (Phi) is 4.25. The molecular formula is C16H17NO3. The third kappa shape index (κ3) is 3.09. The molecule has 0 aliphatic heterocycles. The van der Waals surface area contributed by atoms with E-state index in [0.717, 1.165) is 11.1 Å². The molecule has 0 spiro atoms. The highest BCUT2D eigenvalue weighted by atomic mass is 16.5. The first-order valence-electron chi connectivity index (χ1n) is 6.31. The standard InChI is InChI=1S/C16H17NO3/c1-11-5-3-4-6-13(11)10-17-16(19)12-7-8-15(20-2)14(18)9-12/h3-9,18H,10H2,1-2H3,(H,17,19). The lowest BCUT2D eigenvalue weighted by Crippen LogP contribution is -2.23. The zero-order valence-electron chi connectivity index (χ0n) is 11.5. The summed E-state index contributed by atoms with van der Waals surface area (Å²) in [5.41, 5.74) is 2.60. The van der Waals surface area contributed by atoms with Crippen LogP contribution in [0.25, 0.3) is 0 Å². The third-order valence-electron chi connectivity index (χ3n) is 3.14. The Bertz CT molecular complexity index is 623. The summed E-state index contributed by atoms with van der Waals surface area (Å²) in [5.74, 6) is 0.0719. The van der Waals surface area contributed by atoms with Crippen LogP contribution in [0.5, 0.6) is 11.5 Å². The molecule has 0 aliphatic carbocycles. The number of hydrogen-bond acceptors (Lipinski definition) is 3. The van der Waals surface area contributed by atoms with Gasteiger partial charge in [-0.3, -0.25) is 4.79 Å². The van der Waals surface area contributed by atoms with E-state index in [1.807, 2.05) is 31.2 Å². The van der Waals surface area contributed by atoms with E-state index in [1.54, 1.807) is 12.1 Å². The van der Waals surface area contributed by atoms with Crippen molar-refractivity contribution in [2.24, 2.45) is 0 Å². The fraction of sp³-hybridized carbons (Fsp3) is 0.188. The van der Waals surface area contributed by atoms with Gasteiger partial charge in [-0.2, -0.15) is 0 Å². The monoisotopic (exact) mass is 271 g/mol. The lowest BCUT2D eigenvalue weighted by Gasteiger charge is -2.09. The van der Waals surface area contributed by atoms with Crippen molar-refractivity contribution < 1.29 is 14.6 Å². The summed E-state index contributed by atoms with van der Waals surface area (Å²) in [4.78, 5) is 12.0. The first-order chi connectivity index (χ1) is 9.61. The van der Waals surface area contributed by atoms with Gasteiger partial charge in [0.1, 0.15) is 0 Å². The summed E-state index contributed by atoms with van der Waals surface area (Å²) < 4.78 is 4.94. The fourth-order valence-corrected chi connectivity index (χ4v) is 1.92. The lowest BCUT2D eigenvalue weighted by molar-refractivity contribution is 0.0950. The van der Waals surface area contributed by atoms with Crippen molar-refractivity contribution in [1.82, 2.24) is 5.32 Å². The van der Waals surface area contributed by atoms with Crippen LogP contribution >= 0.6 is 0 Å². The second-order valence-corrected chi connectivity index (χ2v) is 4.50. The van der Waals surface area contributed by atoms with E-state index in [-0.39, 0.29) is 11.7 Å². The number of hydrogen-bond donors (Lipinski definition) is 2. The van der Waals surface area contributed by atoms with Crippen LogP contribution in [0.15, 0.2) is 42.5 Å². The fourth-order valence-electron chi connectivity index (χ4n) is 1.92. The number of phenols is 1. The van der Waals surface area contributed by atoms with E-state index in [0.29, 0.717) is 17.9 Å². The first-order valence-corrected chi connectivity index (χ1v) is 6.31. The molecule has 0 saturated heterocycles. The Labute approximate surface area is 118 Å². The van der Waals surface area contributed by atoms with Gasteiger partial charge in [-0.1, -0.05) is 24.3 Å². The molecule has 2 aromatic carbocycles. The molecule has 0 bridgehead atoms. The number of benzene rings is 2. The predicted molar refractivity (Wildman–Crippen MR) is 77.0 cm³/mol. The molecule has 1 amide bonds. The number of rotatable bonds is 4. The molecule has 2 aromatic rings. The summed E-state index contributed by atoms with van der Waals surface area (Å²) in [6.45, 7) is 2.46. The average molecular weight is 271 g/mol. The summed E-state index contributed by atoms with van der Waals surface area (Å²) in [5, 5.41) is 12.5. The smallest absolute Gasteiger partial charge is 0.251 e. The van der Waals surface area contributed by atoms with Gasteiger partial charge in [-0.05, 0) is 36.2 Å². The van der Waals surface area contributed by atoms with Crippen LogP contribution < -0.4 is 10.1 Å². The maximum atomic E-state index is 12.0. The van der Waals surface area contributed by atoms with Gasteiger partial charge in [0.2, 0.25) is 0 Å². The highest BCUT2D eigenvalue weighted by Gasteiger charge is 2.09. The summed E-state index contributed by atoms with van der Waals surface area (Å²) >= 11 is 0. The Balaban J connectivity index is 2.05. The topological polar surface area (TPSA) is 58.6 Å². The zero-order valence-corrected chi connectivity index (χ0v) is 11.5. The normalized spacial score (nSPS) is 10.1. The van der Waals surface area contributed by atoms with Crippen molar-refractivity contribution in [3.63, 3.8) is 0 Å². The Morgan fingerprint density at radius 2 is 2.00 bits per heavy atom. The number of phenolic OH excluding ortho intramolecular Hbond substituents is 1. The third-order valence-corrected chi connectivity index (χ3v) is 3.14. The Morgan fingerprint density at radius 1 is 1.25 bits per heavy atom. The van der Waals surface area contributed by atoms with Crippen LogP contribution in [0.2, 0.25) is 0 Å². The second kappa shape index (κ2) is 6.10. The minimum absolute atomic E-state index is 0.0453. The number of nitrogens with one attached hydrogen (secondary N) is 1. The van der Waals surface area contributed by atoms with Gasteiger partial charge in [0.15, 0.2) is 11.5 Å². The molecule has 0 saturated carbocycles. The zero-order chi connectivity index (χ0) is 14.5. The number of methoxy groups -OCH3 is 1. The maximum absolute atomic E-state index is 12.0. The molecule has 0 radical (unpaired) electrons. The number of ether oxygens (including phenoxy) is 1. The number of amides is 1. The summed E-state index contributed by atoms with van der Waals surface area (Å²) in [7, 11) is 1.47. The molecule has 4 heteroatoms. The van der Waals surface area contributed by atoms with Crippen molar-refractivity contribution in [2.45, 2.75) is 13.5 Å². The number of carbonyl (C=O) groups excluding carboxylic acids is 1. The molecule has 0 aliphatic rings. The molecule has 0 unspecified atom stereocenters. The number of aryl methyl sites for hydroxylation is 1. The molecule has 0 aromatic heterocycles. The van der Waals surface area contributed by atoms with Crippen LogP contribution in [0.3, 0.4) is 0 Å². The molecular weight excluding hydrogens is 254 g/mol. The molecule has 0 heterocycles. The van der Waals surface area contributed by atoms with Crippen LogP contribution in [-0.2, 0) is 6.54 Å².